The average molecular weight is 692 g/mol. The molecule has 0 atom stereocenters. The Kier molecular flexibility index (Phi) is 18.2. The molecular weight excluding hydrogens is 634 g/mol. The molecule has 5 heteroatoms. The van der Waals surface area contributed by atoms with Crippen molar-refractivity contribution in [3.63, 3.8) is 0 Å². The van der Waals surface area contributed by atoms with Gasteiger partial charge in [-0.2, -0.15) is 0 Å². The van der Waals surface area contributed by atoms with Crippen LogP contribution in [0.3, 0.4) is 0 Å². The second-order valence-electron chi connectivity index (χ2n) is 11.2. The Morgan fingerprint density at radius 2 is 1.03 bits per heavy atom. The Labute approximate surface area is 229 Å². The monoisotopic (exact) mass is 694 g/mol. The Hall–Kier alpha value is 1.48. The molecule has 2 fully saturated rings. The predicted octanol–water partition coefficient (Wildman–Crippen LogP) is 9.51. The molecule has 0 saturated heterocycles. The van der Waals surface area contributed by atoms with E-state index in [1.807, 2.05) is 0 Å². The van der Waals surface area contributed by atoms with Crippen LogP contribution in [0, 0.1) is 0 Å². The molecule has 0 aromatic heterocycles. The Morgan fingerprint density at radius 3 is 1.44 bits per heavy atom. The molecule has 0 aliphatic heterocycles. The molecule has 2 radical (unpaired) electrons. The molecule has 0 spiro atoms. The first kappa shape index (κ1) is 31.7. The molecule has 200 valence electrons. The van der Waals surface area contributed by atoms with E-state index >= 15 is 0 Å². The molecule has 2 saturated carbocycles. The van der Waals surface area contributed by atoms with Gasteiger partial charge in [-0.15, -0.1) is 0 Å². The topological polar surface area (TPSA) is 27.7 Å². The molecule has 2 aliphatic carbocycles. The van der Waals surface area contributed by atoms with Crippen LogP contribution in [0.2, 0.25) is 13.3 Å². The first-order valence-corrected chi connectivity index (χ1v) is 24.9. The van der Waals surface area contributed by atoms with E-state index in [0.29, 0.717) is 12.2 Å². The summed E-state index contributed by atoms with van der Waals surface area (Å²) in [4.78, 5) is 0. The van der Waals surface area contributed by atoms with Crippen molar-refractivity contribution in [2.45, 2.75) is 181 Å². The third kappa shape index (κ3) is 12.8. The maximum atomic E-state index is 7.45. The summed E-state index contributed by atoms with van der Waals surface area (Å²) in [7, 11) is 0. The number of unbranched alkanes of at least 4 members (excludes halogenated alkanes) is 4. The van der Waals surface area contributed by atoms with Gasteiger partial charge in [-0.05, 0) is 0 Å². The van der Waals surface area contributed by atoms with Crippen LogP contribution >= 0.6 is 0 Å². The standard InChI is InChI=1S/C11H22O.2C5H9O.2C4H9.2Sn/c1-4-7-9-11(12,6-3)10-8-5-2;2*6-5-3-1-2-4-5;2*1-3-4-2;;/h3-10H2,1-2H3;2*5H,1-4H2;2*1,3-4H2,2H3;;/q3*-1;;;+1;+2. The fourth-order valence-corrected chi connectivity index (χ4v) is 20.0. The normalized spacial score (nSPS) is 18.2. The van der Waals surface area contributed by atoms with Crippen molar-refractivity contribution in [1.82, 2.24) is 0 Å². The fourth-order valence-electron chi connectivity index (χ4n) is 5.67. The third-order valence-electron chi connectivity index (χ3n) is 7.94. The van der Waals surface area contributed by atoms with Gasteiger partial charge < -0.3 is 0 Å². The minimum absolute atomic E-state index is 0.131. The van der Waals surface area contributed by atoms with Gasteiger partial charge in [0.1, 0.15) is 0 Å². The van der Waals surface area contributed by atoms with Crippen molar-refractivity contribution in [2.24, 2.45) is 0 Å². The van der Waals surface area contributed by atoms with Gasteiger partial charge in [0.15, 0.2) is 0 Å². The molecule has 0 N–H and O–H groups in total. The summed E-state index contributed by atoms with van der Waals surface area (Å²) in [5.74, 6) is 0. The maximum absolute atomic E-state index is 7.45. The molecule has 2 aliphatic rings. The van der Waals surface area contributed by atoms with Crippen molar-refractivity contribution >= 4 is 40.8 Å². The number of hydrogen-bond acceptors (Lipinski definition) is 3. The summed E-state index contributed by atoms with van der Waals surface area (Å²) in [6, 6.07) is 0. The van der Waals surface area contributed by atoms with E-state index in [9.17, 15) is 0 Å². The van der Waals surface area contributed by atoms with Gasteiger partial charge in [-0.1, -0.05) is 0 Å². The van der Waals surface area contributed by atoms with E-state index in [0.717, 1.165) is 0 Å². The van der Waals surface area contributed by atoms with Gasteiger partial charge in [0.05, 0.1) is 0 Å². The molecule has 0 heterocycles. The van der Waals surface area contributed by atoms with Crippen LogP contribution in [-0.4, -0.2) is 58.6 Å². The van der Waals surface area contributed by atoms with Crippen LogP contribution in [0.5, 0.6) is 0 Å². The van der Waals surface area contributed by atoms with Gasteiger partial charge in [0.2, 0.25) is 0 Å². The molecular formula is C29H58O3Sn2. The van der Waals surface area contributed by atoms with Crippen molar-refractivity contribution in [1.29, 1.82) is 0 Å². The van der Waals surface area contributed by atoms with E-state index < -0.39 is 40.8 Å². The molecule has 0 aromatic carbocycles. The van der Waals surface area contributed by atoms with Crippen LogP contribution < -0.4 is 0 Å². The zero-order valence-corrected chi connectivity index (χ0v) is 29.1. The summed E-state index contributed by atoms with van der Waals surface area (Å²) < 4.78 is 25.2. The van der Waals surface area contributed by atoms with E-state index in [-0.39, 0.29) is 5.60 Å². The predicted molar refractivity (Wildman–Crippen MR) is 150 cm³/mol. The first-order chi connectivity index (χ1) is 16.6. The number of rotatable bonds is 21. The van der Waals surface area contributed by atoms with Crippen molar-refractivity contribution in [3.05, 3.63) is 0 Å². The SMILES string of the molecule is CCC[CH2][Sn]([CH2]CCC)[O]C(CCCC)(CCCC)C[CH2][Sn]([O]C1CCCC1)[O]C1CCCC1. The molecule has 0 unspecified atom stereocenters. The van der Waals surface area contributed by atoms with Crippen molar-refractivity contribution in [2.75, 3.05) is 0 Å². The van der Waals surface area contributed by atoms with Crippen LogP contribution in [0.25, 0.3) is 0 Å². The quantitative estimate of drug-likeness (QED) is 0.112. The Balaban J connectivity index is 2.11. The minimum atomic E-state index is -2.34. The Bertz CT molecular complexity index is 444. The fraction of sp³-hybridized carbons (Fsp3) is 1.00. The third-order valence-corrected chi connectivity index (χ3v) is 20.5. The molecule has 2 rings (SSSR count). The molecule has 0 bridgehead atoms. The summed E-state index contributed by atoms with van der Waals surface area (Å²) in [6.07, 6.45) is 25.9. The van der Waals surface area contributed by atoms with Crippen LogP contribution in [0.4, 0.5) is 0 Å². The second-order valence-corrected chi connectivity index (χ2v) is 22.6. The van der Waals surface area contributed by atoms with E-state index in [1.54, 1.807) is 0 Å². The summed E-state index contributed by atoms with van der Waals surface area (Å²) in [6.45, 7) is 9.40. The van der Waals surface area contributed by atoms with Crippen LogP contribution in [-0.2, 0) is 9.22 Å². The van der Waals surface area contributed by atoms with Crippen molar-refractivity contribution in [3.8, 4) is 0 Å². The van der Waals surface area contributed by atoms with E-state index in [2.05, 4.69) is 27.7 Å². The van der Waals surface area contributed by atoms with Crippen molar-refractivity contribution < 1.29 is 9.22 Å². The molecule has 34 heavy (non-hydrogen) atoms. The zero-order chi connectivity index (χ0) is 24.5. The average Bonchev–Trinajstić information content (AvgIpc) is 3.56. The van der Waals surface area contributed by atoms with Gasteiger partial charge in [-0.3, -0.25) is 0 Å². The van der Waals surface area contributed by atoms with Gasteiger partial charge >= 0.3 is 231 Å². The summed E-state index contributed by atoms with van der Waals surface area (Å²) >= 11 is -4.17. The number of hydrogen-bond donors (Lipinski definition) is 0. The summed E-state index contributed by atoms with van der Waals surface area (Å²) in [5.41, 5.74) is 0.131. The van der Waals surface area contributed by atoms with Crippen LogP contribution in [0.1, 0.15) is 150 Å². The summed E-state index contributed by atoms with van der Waals surface area (Å²) in [5, 5.41) is 0. The van der Waals surface area contributed by atoms with E-state index in [4.69, 9.17) is 9.22 Å². The van der Waals surface area contributed by atoms with Gasteiger partial charge in [0.25, 0.3) is 0 Å². The van der Waals surface area contributed by atoms with Gasteiger partial charge in [0, 0.05) is 0 Å². The first-order valence-electron chi connectivity index (χ1n) is 15.4. The van der Waals surface area contributed by atoms with Gasteiger partial charge in [-0.25, -0.2) is 0 Å². The molecule has 0 aromatic rings. The molecule has 3 nitrogen and oxygen atoms in total. The Morgan fingerprint density at radius 1 is 0.588 bits per heavy atom. The van der Waals surface area contributed by atoms with E-state index in [1.165, 1.54) is 135 Å². The second kappa shape index (κ2) is 19.5. The zero-order valence-electron chi connectivity index (χ0n) is 23.4. The van der Waals surface area contributed by atoms with Crippen LogP contribution in [0.15, 0.2) is 0 Å². The molecule has 0 amide bonds.